The Labute approximate surface area is 197 Å². The highest BCUT2D eigenvalue weighted by Gasteiger charge is 2.48. The van der Waals surface area contributed by atoms with E-state index in [1.165, 1.54) is 4.90 Å². The number of amides is 3. The van der Waals surface area contributed by atoms with Crippen LogP contribution in [-0.2, 0) is 19.2 Å². The van der Waals surface area contributed by atoms with Crippen LogP contribution in [0.2, 0.25) is 0 Å². The van der Waals surface area contributed by atoms with Crippen LogP contribution in [-0.4, -0.2) is 37.3 Å². The molecule has 0 unspecified atom stereocenters. The Morgan fingerprint density at radius 2 is 1.50 bits per heavy atom. The molecule has 2 aromatic carbocycles. The van der Waals surface area contributed by atoms with Gasteiger partial charge >= 0.3 is 5.97 Å². The molecule has 3 fully saturated rings. The molecule has 2 heterocycles. The third-order valence-electron chi connectivity index (χ3n) is 6.96. The highest BCUT2D eigenvalue weighted by Crippen LogP contribution is 2.40. The summed E-state index contributed by atoms with van der Waals surface area (Å²) < 4.78 is 10.8. The molecule has 34 heavy (non-hydrogen) atoms. The minimum absolute atomic E-state index is 0.0438. The molecule has 8 heteroatoms. The zero-order chi connectivity index (χ0) is 23.8. The maximum absolute atomic E-state index is 12.9. The Morgan fingerprint density at radius 3 is 2.18 bits per heavy atom. The number of esters is 1. The molecule has 2 saturated heterocycles. The van der Waals surface area contributed by atoms with Crippen LogP contribution in [0.1, 0.15) is 32.1 Å². The molecule has 1 aliphatic carbocycles. The van der Waals surface area contributed by atoms with Gasteiger partial charge in [0.2, 0.25) is 17.7 Å². The number of anilines is 2. The number of carbonyl (C=O) groups is 4. The van der Waals surface area contributed by atoms with E-state index in [0.717, 1.165) is 25.7 Å². The van der Waals surface area contributed by atoms with Gasteiger partial charge in [-0.2, -0.15) is 0 Å². The van der Waals surface area contributed by atoms with E-state index in [1.807, 2.05) is 0 Å². The lowest BCUT2D eigenvalue weighted by Gasteiger charge is -2.19. The zero-order valence-corrected chi connectivity index (χ0v) is 18.9. The SMILES string of the molecule is COc1cccc(N2C[C@H](C(=O)Oc3cccc(N4C(=O)[C@H]5CCCC[C@@H]5C4=O)c3)CC2=O)c1. The molecular weight excluding hydrogens is 436 g/mol. The summed E-state index contributed by atoms with van der Waals surface area (Å²) >= 11 is 0. The lowest BCUT2D eigenvalue weighted by atomic mass is 9.81. The molecule has 3 atom stereocenters. The number of hydrogen-bond donors (Lipinski definition) is 0. The Balaban J connectivity index is 1.29. The van der Waals surface area contributed by atoms with Crippen molar-refractivity contribution < 1.29 is 28.7 Å². The average molecular weight is 463 g/mol. The Bertz CT molecular complexity index is 1140. The monoisotopic (exact) mass is 462 g/mol. The van der Waals surface area contributed by atoms with Gasteiger partial charge in [-0.05, 0) is 37.1 Å². The molecule has 8 nitrogen and oxygen atoms in total. The van der Waals surface area contributed by atoms with Gasteiger partial charge in [0.25, 0.3) is 0 Å². The van der Waals surface area contributed by atoms with Crippen molar-refractivity contribution in [2.24, 2.45) is 17.8 Å². The number of fused-ring (bicyclic) bond motifs is 1. The van der Waals surface area contributed by atoms with Crippen molar-refractivity contribution in [1.82, 2.24) is 0 Å². The van der Waals surface area contributed by atoms with E-state index < -0.39 is 11.9 Å². The van der Waals surface area contributed by atoms with Crippen LogP contribution < -0.4 is 19.3 Å². The van der Waals surface area contributed by atoms with Gasteiger partial charge < -0.3 is 14.4 Å². The fraction of sp³-hybridized carbons (Fsp3) is 0.385. The second-order valence-electron chi connectivity index (χ2n) is 9.03. The van der Waals surface area contributed by atoms with E-state index in [-0.39, 0.29) is 48.3 Å². The minimum Gasteiger partial charge on any atom is -0.497 e. The van der Waals surface area contributed by atoms with Crippen LogP contribution in [0.3, 0.4) is 0 Å². The summed E-state index contributed by atoms with van der Waals surface area (Å²) in [4.78, 5) is 54.0. The van der Waals surface area contributed by atoms with E-state index >= 15 is 0 Å². The number of ether oxygens (including phenoxy) is 2. The third-order valence-corrected chi connectivity index (χ3v) is 6.96. The van der Waals surface area contributed by atoms with Crippen LogP contribution >= 0.6 is 0 Å². The van der Waals surface area contributed by atoms with Gasteiger partial charge in [-0.1, -0.05) is 25.0 Å². The van der Waals surface area contributed by atoms with E-state index in [2.05, 4.69) is 0 Å². The van der Waals surface area contributed by atoms with Crippen LogP contribution in [0.15, 0.2) is 48.5 Å². The van der Waals surface area contributed by atoms with Crippen molar-refractivity contribution in [1.29, 1.82) is 0 Å². The molecular formula is C26H26N2O6. The number of nitrogens with zero attached hydrogens (tertiary/aromatic N) is 2. The first kappa shape index (κ1) is 22.1. The third kappa shape index (κ3) is 3.93. The fourth-order valence-corrected chi connectivity index (χ4v) is 5.20. The van der Waals surface area contributed by atoms with Gasteiger partial charge in [0.15, 0.2) is 0 Å². The molecule has 2 aromatic rings. The fourth-order valence-electron chi connectivity index (χ4n) is 5.20. The van der Waals surface area contributed by atoms with E-state index in [4.69, 9.17) is 9.47 Å². The largest absolute Gasteiger partial charge is 0.497 e. The van der Waals surface area contributed by atoms with E-state index in [1.54, 1.807) is 60.5 Å². The van der Waals surface area contributed by atoms with Gasteiger partial charge in [0.1, 0.15) is 11.5 Å². The topological polar surface area (TPSA) is 93.2 Å². The first-order chi connectivity index (χ1) is 16.5. The van der Waals surface area contributed by atoms with E-state index in [9.17, 15) is 19.2 Å². The number of imide groups is 1. The van der Waals surface area contributed by atoms with Crippen LogP contribution in [0.5, 0.6) is 11.5 Å². The molecule has 0 aromatic heterocycles. The summed E-state index contributed by atoms with van der Waals surface area (Å²) in [5, 5.41) is 0. The number of rotatable bonds is 5. The van der Waals surface area contributed by atoms with Crippen molar-refractivity contribution in [2.45, 2.75) is 32.1 Å². The van der Waals surface area contributed by atoms with Crippen LogP contribution in [0.25, 0.3) is 0 Å². The molecule has 0 radical (unpaired) electrons. The summed E-state index contributed by atoms with van der Waals surface area (Å²) in [6.45, 7) is 0.205. The smallest absolute Gasteiger partial charge is 0.316 e. The molecule has 176 valence electrons. The Hall–Kier alpha value is -3.68. The zero-order valence-electron chi connectivity index (χ0n) is 18.9. The molecule has 2 aliphatic heterocycles. The number of carbonyl (C=O) groups excluding carboxylic acids is 4. The van der Waals surface area contributed by atoms with Crippen molar-refractivity contribution in [3.8, 4) is 11.5 Å². The molecule has 0 N–H and O–H groups in total. The quantitative estimate of drug-likeness (QED) is 0.384. The average Bonchev–Trinajstić information content (AvgIpc) is 3.37. The van der Waals surface area contributed by atoms with Crippen LogP contribution in [0, 0.1) is 17.8 Å². The Kier molecular flexibility index (Phi) is 5.81. The van der Waals surface area contributed by atoms with Gasteiger partial charge in [-0.3, -0.25) is 19.2 Å². The summed E-state index contributed by atoms with van der Waals surface area (Å²) in [5.41, 5.74) is 1.07. The van der Waals surface area contributed by atoms with Gasteiger partial charge in [0.05, 0.1) is 30.6 Å². The molecule has 3 aliphatic rings. The first-order valence-electron chi connectivity index (χ1n) is 11.6. The van der Waals surface area contributed by atoms with Crippen LogP contribution in [0.4, 0.5) is 11.4 Å². The summed E-state index contributed by atoms with van der Waals surface area (Å²) in [6, 6.07) is 13.6. The minimum atomic E-state index is -0.625. The lowest BCUT2D eigenvalue weighted by Crippen LogP contribution is -2.31. The molecule has 1 saturated carbocycles. The van der Waals surface area contributed by atoms with E-state index in [0.29, 0.717) is 17.1 Å². The van der Waals surface area contributed by atoms with Crippen molar-refractivity contribution in [3.63, 3.8) is 0 Å². The predicted molar refractivity (Wildman–Crippen MR) is 123 cm³/mol. The first-order valence-corrected chi connectivity index (χ1v) is 11.6. The molecule has 0 spiro atoms. The number of methoxy groups -OCH3 is 1. The lowest BCUT2D eigenvalue weighted by molar-refractivity contribution is -0.139. The highest BCUT2D eigenvalue weighted by molar-refractivity contribution is 6.22. The standard InChI is InChI=1S/C26H26N2O6/c1-33-19-8-4-6-17(13-19)27-15-16(12-23(27)29)26(32)34-20-9-5-7-18(14-20)28-24(30)21-10-2-3-11-22(21)25(28)31/h4-9,13-14,16,21-22H,2-3,10-12,15H2,1H3/t16-,21+,22+/m1/s1. The van der Waals surface area contributed by atoms with Gasteiger partial charge in [0, 0.05) is 30.8 Å². The van der Waals surface area contributed by atoms with Crippen molar-refractivity contribution in [2.75, 3.05) is 23.5 Å². The van der Waals surface area contributed by atoms with Crippen molar-refractivity contribution >= 4 is 35.1 Å². The molecule has 5 rings (SSSR count). The Morgan fingerprint density at radius 1 is 0.882 bits per heavy atom. The van der Waals surface area contributed by atoms with Gasteiger partial charge in [-0.25, -0.2) is 4.90 Å². The van der Waals surface area contributed by atoms with Crippen molar-refractivity contribution in [3.05, 3.63) is 48.5 Å². The second kappa shape index (κ2) is 8.93. The maximum atomic E-state index is 12.9. The number of benzene rings is 2. The number of hydrogen-bond acceptors (Lipinski definition) is 6. The molecule has 0 bridgehead atoms. The summed E-state index contributed by atoms with van der Waals surface area (Å²) in [7, 11) is 1.55. The normalized spacial score (nSPS) is 24.4. The summed E-state index contributed by atoms with van der Waals surface area (Å²) in [5.74, 6) is -1.30. The maximum Gasteiger partial charge on any atom is 0.316 e. The predicted octanol–water partition coefficient (Wildman–Crippen LogP) is 3.33. The second-order valence-corrected chi connectivity index (χ2v) is 9.03. The van der Waals surface area contributed by atoms with Gasteiger partial charge in [-0.15, -0.1) is 0 Å². The molecule has 3 amide bonds. The highest BCUT2D eigenvalue weighted by atomic mass is 16.5. The summed E-state index contributed by atoms with van der Waals surface area (Å²) in [6.07, 6.45) is 3.43.